The van der Waals surface area contributed by atoms with Crippen LogP contribution in [0.1, 0.15) is 38.7 Å². The smallest absolute Gasteiger partial charge is 0.173 e. The van der Waals surface area contributed by atoms with Gasteiger partial charge in [-0.1, -0.05) is 31.5 Å². The average Bonchev–Trinajstić information content (AvgIpc) is 2.57. The molecule has 0 aliphatic carbocycles. The van der Waals surface area contributed by atoms with E-state index in [0.29, 0.717) is 0 Å². The highest BCUT2D eigenvalue weighted by Crippen LogP contribution is 2.23. The van der Waals surface area contributed by atoms with E-state index in [1.807, 2.05) is 25.1 Å². The number of quaternary nitrogens is 1. The highest BCUT2D eigenvalue weighted by Gasteiger charge is 2.26. The van der Waals surface area contributed by atoms with Crippen LogP contribution in [-0.2, 0) is 0 Å². The van der Waals surface area contributed by atoms with Gasteiger partial charge in [0.25, 0.3) is 0 Å². The highest BCUT2D eigenvalue weighted by atomic mass is 35.5. The summed E-state index contributed by atoms with van der Waals surface area (Å²) in [6, 6.07) is 6.66. The molecule has 1 aromatic carbocycles. The Morgan fingerprint density at radius 2 is 2.04 bits per heavy atom. The van der Waals surface area contributed by atoms with Crippen LogP contribution in [0.3, 0.4) is 0 Å². The molecular formula is C19H31ClN3S+. The van der Waals surface area contributed by atoms with Gasteiger partial charge >= 0.3 is 0 Å². The number of anilines is 1. The molecule has 2 rings (SSSR count). The number of piperidine rings is 1. The maximum absolute atomic E-state index is 6.19. The quantitative estimate of drug-likeness (QED) is 0.777. The van der Waals surface area contributed by atoms with Crippen molar-refractivity contribution in [3.8, 4) is 0 Å². The second-order valence-electron chi connectivity index (χ2n) is 7.38. The van der Waals surface area contributed by atoms with E-state index in [1.165, 1.54) is 25.8 Å². The normalized spacial score (nSPS) is 17.2. The minimum atomic E-state index is 0.760. The number of halogens is 1. The van der Waals surface area contributed by atoms with Gasteiger partial charge in [-0.05, 0) is 49.2 Å². The Bertz CT molecular complexity index is 554. The fraction of sp³-hybridized carbons (Fsp3) is 0.632. The second kappa shape index (κ2) is 9.02. The van der Waals surface area contributed by atoms with Gasteiger partial charge in [0.15, 0.2) is 5.11 Å². The van der Waals surface area contributed by atoms with Gasteiger partial charge in [0.05, 0.1) is 19.6 Å². The van der Waals surface area contributed by atoms with E-state index in [2.05, 4.69) is 31.1 Å². The molecule has 1 saturated heterocycles. The van der Waals surface area contributed by atoms with Crippen LogP contribution in [-0.4, -0.2) is 42.7 Å². The van der Waals surface area contributed by atoms with Crippen molar-refractivity contribution in [3.63, 3.8) is 0 Å². The van der Waals surface area contributed by atoms with Gasteiger partial charge in [0.2, 0.25) is 0 Å². The number of hydrogen-bond acceptors (Lipinski definition) is 1. The predicted molar refractivity (Wildman–Crippen MR) is 108 cm³/mol. The monoisotopic (exact) mass is 368 g/mol. The summed E-state index contributed by atoms with van der Waals surface area (Å²) in [5.41, 5.74) is 2.06. The van der Waals surface area contributed by atoms with Gasteiger partial charge in [-0.25, -0.2) is 0 Å². The van der Waals surface area contributed by atoms with Crippen LogP contribution in [0.5, 0.6) is 0 Å². The van der Waals surface area contributed by atoms with Gasteiger partial charge in [-0.15, -0.1) is 0 Å². The van der Waals surface area contributed by atoms with E-state index in [0.717, 1.165) is 46.4 Å². The molecule has 2 N–H and O–H groups in total. The molecule has 0 radical (unpaired) electrons. The van der Waals surface area contributed by atoms with Gasteiger partial charge < -0.3 is 15.1 Å². The van der Waals surface area contributed by atoms with Gasteiger partial charge in [0, 0.05) is 36.6 Å². The van der Waals surface area contributed by atoms with E-state index in [-0.39, 0.29) is 0 Å². The first-order chi connectivity index (χ1) is 11.4. The minimum Gasteiger partial charge on any atom is -0.349 e. The van der Waals surface area contributed by atoms with Gasteiger partial charge in [-0.2, -0.15) is 0 Å². The topological polar surface area (TPSA) is 19.7 Å². The average molecular weight is 369 g/mol. The molecule has 24 heavy (non-hydrogen) atoms. The Kier molecular flexibility index (Phi) is 7.33. The summed E-state index contributed by atoms with van der Waals surface area (Å²) in [6.45, 7) is 9.97. The van der Waals surface area contributed by atoms with Gasteiger partial charge in [-0.3, -0.25) is 0 Å². The predicted octanol–water partition coefficient (Wildman–Crippen LogP) is 3.37. The number of rotatable bonds is 5. The second-order valence-corrected chi connectivity index (χ2v) is 8.18. The summed E-state index contributed by atoms with van der Waals surface area (Å²) in [5, 5.41) is 4.96. The van der Waals surface area contributed by atoms with Crippen molar-refractivity contribution < 1.29 is 4.90 Å². The maximum Gasteiger partial charge on any atom is 0.173 e. The zero-order valence-electron chi connectivity index (χ0n) is 15.4. The lowest BCUT2D eigenvalue weighted by Crippen LogP contribution is -3.13. The molecule has 134 valence electrons. The van der Waals surface area contributed by atoms with Crippen molar-refractivity contribution in [1.82, 2.24) is 4.90 Å². The zero-order chi connectivity index (χ0) is 17.7. The van der Waals surface area contributed by atoms with Crippen molar-refractivity contribution in [3.05, 3.63) is 28.8 Å². The Labute approximate surface area is 157 Å². The number of nitrogens with one attached hydrogen (secondary N) is 2. The SMILES string of the molecule is Cc1c(Cl)cccc1NC(=S)N1CCC([NH+](C)CCC(C)C)CC1. The first-order valence-corrected chi connectivity index (χ1v) is 9.80. The third-order valence-electron chi connectivity index (χ3n) is 5.10. The Balaban J connectivity index is 1.83. The number of thiocarbonyl (C=S) groups is 1. The molecule has 5 heteroatoms. The van der Waals surface area contributed by atoms with Crippen LogP contribution >= 0.6 is 23.8 Å². The maximum atomic E-state index is 6.19. The molecule has 1 aliphatic heterocycles. The molecule has 0 aromatic heterocycles. The van der Waals surface area contributed by atoms with Crippen LogP contribution in [0.15, 0.2) is 18.2 Å². The number of hydrogen-bond donors (Lipinski definition) is 2. The van der Waals surface area contributed by atoms with E-state index < -0.39 is 0 Å². The summed E-state index contributed by atoms with van der Waals surface area (Å²) in [4.78, 5) is 3.97. The fourth-order valence-corrected chi connectivity index (χ4v) is 3.70. The summed E-state index contributed by atoms with van der Waals surface area (Å²) in [7, 11) is 2.34. The zero-order valence-corrected chi connectivity index (χ0v) is 16.9. The lowest BCUT2D eigenvalue weighted by Gasteiger charge is -2.36. The first kappa shape index (κ1) is 19.5. The Morgan fingerprint density at radius 1 is 1.38 bits per heavy atom. The van der Waals surface area contributed by atoms with Crippen LogP contribution < -0.4 is 10.2 Å². The molecule has 0 spiro atoms. The molecule has 1 atom stereocenters. The number of likely N-dealkylation sites (tertiary alicyclic amines) is 1. The molecule has 1 heterocycles. The van der Waals surface area contributed by atoms with Crippen molar-refractivity contribution >= 4 is 34.6 Å². The van der Waals surface area contributed by atoms with Crippen molar-refractivity contribution in [2.24, 2.45) is 5.92 Å². The number of benzene rings is 1. The van der Waals surface area contributed by atoms with Crippen LogP contribution in [0.25, 0.3) is 0 Å². The standard InChI is InChI=1S/C19H30ClN3S/c1-14(2)8-11-22(4)16-9-12-23(13-10-16)19(24)21-18-7-5-6-17(20)15(18)3/h5-7,14,16H,8-13H2,1-4H3,(H,21,24)/p+1. The lowest BCUT2D eigenvalue weighted by atomic mass is 10.0. The first-order valence-electron chi connectivity index (χ1n) is 9.01. The summed E-state index contributed by atoms with van der Waals surface area (Å²) >= 11 is 11.8. The summed E-state index contributed by atoms with van der Waals surface area (Å²) in [5.74, 6) is 0.790. The summed E-state index contributed by atoms with van der Waals surface area (Å²) in [6.07, 6.45) is 3.72. The lowest BCUT2D eigenvalue weighted by molar-refractivity contribution is -0.907. The van der Waals surface area contributed by atoms with E-state index in [9.17, 15) is 0 Å². The van der Waals surface area contributed by atoms with Crippen molar-refractivity contribution in [1.29, 1.82) is 0 Å². The molecule has 0 saturated carbocycles. The molecule has 1 aromatic rings. The molecule has 0 bridgehead atoms. The summed E-state index contributed by atoms with van der Waals surface area (Å²) < 4.78 is 0. The molecule has 1 aliphatic rings. The highest BCUT2D eigenvalue weighted by molar-refractivity contribution is 7.80. The minimum absolute atomic E-state index is 0.760. The van der Waals surface area contributed by atoms with Crippen molar-refractivity contribution in [2.45, 2.75) is 46.1 Å². The van der Waals surface area contributed by atoms with E-state index >= 15 is 0 Å². The van der Waals surface area contributed by atoms with Crippen LogP contribution in [0.2, 0.25) is 5.02 Å². The van der Waals surface area contributed by atoms with Gasteiger partial charge in [0.1, 0.15) is 0 Å². The fourth-order valence-electron chi connectivity index (χ4n) is 3.23. The van der Waals surface area contributed by atoms with Crippen LogP contribution in [0.4, 0.5) is 5.69 Å². The Morgan fingerprint density at radius 3 is 2.67 bits per heavy atom. The molecule has 1 unspecified atom stereocenters. The van der Waals surface area contributed by atoms with E-state index in [4.69, 9.17) is 23.8 Å². The molecule has 3 nitrogen and oxygen atoms in total. The van der Waals surface area contributed by atoms with E-state index in [1.54, 1.807) is 4.90 Å². The van der Waals surface area contributed by atoms with Crippen molar-refractivity contribution in [2.75, 3.05) is 32.0 Å². The number of nitrogens with zero attached hydrogens (tertiary/aromatic N) is 1. The molecular weight excluding hydrogens is 338 g/mol. The third-order valence-corrected chi connectivity index (χ3v) is 5.87. The third kappa shape index (κ3) is 5.33. The molecule has 1 fully saturated rings. The Hall–Kier alpha value is -0.840. The van der Waals surface area contributed by atoms with Crippen LogP contribution in [0, 0.1) is 12.8 Å². The largest absolute Gasteiger partial charge is 0.349 e. The molecule has 0 amide bonds.